The van der Waals surface area contributed by atoms with Gasteiger partial charge in [-0.1, -0.05) is 174 Å². The van der Waals surface area contributed by atoms with Crippen LogP contribution < -0.4 is 5.32 Å². The van der Waals surface area contributed by atoms with Gasteiger partial charge in [-0.25, -0.2) is 0 Å². The number of aliphatic hydroxyl groups is 3. The molecule has 1 amide bonds. The van der Waals surface area contributed by atoms with Crippen LogP contribution in [0.1, 0.15) is 187 Å². The minimum absolute atomic E-state index is 0.309. The van der Waals surface area contributed by atoms with E-state index in [1.165, 1.54) is 128 Å². The summed E-state index contributed by atoms with van der Waals surface area (Å²) in [6, 6.07) is -0.702. The summed E-state index contributed by atoms with van der Waals surface area (Å²) in [5.74, 6) is -0.471. The predicted molar refractivity (Wildman–Crippen MR) is 167 cm³/mol. The lowest BCUT2D eigenvalue weighted by atomic mass is 10.0. The van der Waals surface area contributed by atoms with Crippen LogP contribution in [0.5, 0.6) is 0 Å². The molecule has 0 spiro atoms. The second kappa shape index (κ2) is 30.3. The number of nitrogens with one attached hydrogen (secondary N) is 1. The fraction of sp³-hybridized carbons (Fsp3) is 0.971. The fourth-order valence-corrected chi connectivity index (χ4v) is 5.42. The lowest BCUT2D eigenvalue weighted by Gasteiger charge is -2.23. The molecule has 0 bridgehead atoms. The summed E-state index contributed by atoms with van der Waals surface area (Å²) in [6.07, 6.45) is 30.8. The lowest BCUT2D eigenvalue weighted by molar-refractivity contribution is -0.131. The van der Waals surface area contributed by atoms with E-state index in [1.807, 2.05) is 0 Å². The molecule has 0 rings (SSSR count). The molecular formula is C34H69NO4. The number of aliphatic hydroxyl groups excluding tert-OH is 3. The van der Waals surface area contributed by atoms with E-state index in [0.29, 0.717) is 12.8 Å². The van der Waals surface area contributed by atoms with Crippen LogP contribution in [-0.2, 0) is 4.79 Å². The zero-order chi connectivity index (χ0) is 28.8. The smallest absolute Gasteiger partial charge is 0.249 e. The molecule has 0 aliphatic rings. The van der Waals surface area contributed by atoms with Crippen LogP contribution in [0.25, 0.3) is 0 Å². The van der Waals surface area contributed by atoms with Crippen molar-refractivity contribution in [1.82, 2.24) is 5.32 Å². The molecule has 4 N–H and O–H groups in total. The molecule has 5 nitrogen and oxygen atoms in total. The summed E-state index contributed by atoms with van der Waals surface area (Å²) >= 11 is 0. The molecule has 234 valence electrons. The minimum Gasteiger partial charge on any atom is -0.394 e. The molecule has 39 heavy (non-hydrogen) atoms. The van der Waals surface area contributed by atoms with Crippen LogP contribution in [0.15, 0.2) is 0 Å². The molecule has 0 aliphatic heterocycles. The van der Waals surface area contributed by atoms with Gasteiger partial charge in [-0.2, -0.15) is 0 Å². The molecule has 5 heteroatoms. The average Bonchev–Trinajstić information content (AvgIpc) is 2.94. The topological polar surface area (TPSA) is 89.8 Å². The van der Waals surface area contributed by atoms with Crippen molar-refractivity contribution < 1.29 is 20.1 Å². The van der Waals surface area contributed by atoms with Crippen molar-refractivity contribution in [3.63, 3.8) is 0 Å². The molecule has 0 fully saturated rings. The standard InChI is InChI=1S/C34H69NO4/c1-3-5-7-9-11-13-15-16-17-18-19-21-23-25-27-29-33(38)34(39)35-31(30-36)32(37)28-26-24-22-20-14-12-10-8-6-4-2/h31-33,36-38H,3-30H2,1-2H3,(H,35,39). The molecule has 0 radical (unpaired) electrons. The van der Waals surface area contributed by atoms with E-state index in [-0.39, 0.29) is 6.61 Å². The maximum Gasteiger partial charge on any atom is 0.249 e. The lowest BCUT2D eigenvalue weighted by Crippen LogP contribution is -2.49. The maximum atomic E-state index is 12.4. The van der Waals surface area contributed by atoms with E-state index in [9.17, 15) is 20.1 Å². The first-order chi connectivity index (χ1) is 19.1. The average molecular weight is 556 g/mol. The SMILES string of the molecule is CCCCCCCCCCCCCCCCCC(O)C(=O)NC(CO)C(O)CCCCCCCCCCCC. The van der Waals surface area contributed by atoms with Crippen molar-refractivity contribution in [3.8, 4) is 0 Å². The van der Waals surface area contributed by atoms with Gasteiger partial charge < -0.3 is 20.6 Å². The first-order valence-electron chi connectivity index (χ1n) is 17.3. The quantitative estimate of drug-likeness (QED) is 0.0644. The first kappa shape index (κ1) is 38.4. The van der Waals surface area contributed by atoms with Gasteiger partial charge in [0.25, 0.3) is 0 Å². The van der Waals surface area contributed by atoms with E-state index in [0.717, 1.165) is 32.1 Å². The third kappa shape index (κ3) is 26.0. The van der Waals surface area contributed by atoms with E-state index >= 15 is 0 Å². The highest BCUT2D eigenvalue weighted by atomic mass is 16.3. The molecule has 3 atom stereocenters. The first-order valence-corrected chi connectivity index (χ1v) is 17.3. The van der Waals surface area contributed by atoms with Crippen LogP contribution in [0.3, 0.4) is 0 Å². The molecule has 3 unspecified atom stereocenters. The molecule has 0 aromatic carbocycles. The van der Waals surface area contributed by atoms with Gasteiger partial charge in [0.2, 0.25) is 5.91 Å². The van der Waals surface area contributed by atoms with Gasteiger partial charge in [-0.3, -0.25) is 4.79 Å². The van der Waals surface area contributed by atoms with E-state index in [1.54, 1.807) is 0 Å². The molecule has 0 heterocycles. The Bertz CT molecular complexity index is 502. The Balaban J connectivity index is 3.67. The summed E-state index contributed by atoms with van der Waals surface area (Å²) in [4.78, 5) is 12.4. The second-order valence-electron chi connectivity index (χ2n) is 12.1. The summed E-state index contributed by atoms with van der Waals surface area (Å²) in [5.41, 5.74) is 0. The van der Waals surface area contributed by atoms with Crippen LogP contribution in [0.4, 0.5) is 0 Å². The molecule has 0 aliphatic carbocycles. The van der Waals surface area contributed by atoms with E-state index in [4.69, 9.17) is 0 Å². The van der Waals surface area contributed by atoms with E-state index in [2.05, 4.69) is 19.2 Å². The highest BCUT2D eigenvalue weighted by molar-refractivity contribution is 5.80. The summed E-state index contributed by atoms with van der Waals surface area (Å²) in [5, 5.41) is 33.0. The highest BCUT2D eigenvalue weighted by Gasteiger charge is 2.23. The fourth-order valence-electron chi connectivity index (χ4n) is 5.42. The Hall–Kier alpha value is -0.650. The van der Waals surface area contributed by atoms with Crippen molar-refractivity contribution in [3.05, 3.63) is 0 Å². The van der Waals surface area contributed by atoms with Gasteiger partial charge in [0.1, 0.15) is 6.10 Å². The number of rotatable bonds is 31. The number of hydrogen-bond acceptors (Lipinski definition) is 4. The monoisotopic (exact) mass is 556 g/mol. The Morgan fingerprint density at radius 2 is 0.821 bits per heavy atom. The van der Waals surface area contributed by atoms with E-state index < -0.39 is 24.2 Å². The van der Waals surface area contributed by atoms with Crippen molar-refractivity contribution in [2.75, 3.05) is 6.61 Å². The largest absolute Gasteiger partial charge is 0.394 e. The highest BCUT2D eigenvalue weighted by Crippen LogP contribution is 2.15. The third-order valence-electron chi connectivity index (χ3n) is 8.23. The number of amides is 1. The minimum atomic E-state index is -1.06. The Labute approximate surface area is 243 Å². The molecular weight excluding hydrogens is 486 g/mol. The van der Waals surface area contributed by atoms with Gasteiger partial charge in [0.05, 0.1) is 18.8 Å². The number of carbonyl (C=O) groups is 1. The zero-order valence-corrected chi connectivity index (χ0v) is 26.3. The van der Waals surface area contributed by atoms with Crippen molar-refractivity contribution in [1.29, 1.82) is 0 Å². The van der Waals surface area contributed by atoms with Gasteiger partial charge in [0, 0.05) is 0 Å². The molecule has 0 saturated heterocycles. The predicted octanol–water partition coefficient (Wildman–Crippen LogP) is 8.76. The van der Waals surface area contributed by atoms with Crippen LogP contribution >= 0.6 is 0 Å². The van der Waals surface area contributed by atoms with Gasteiger partial charge in [0.15, 0.2) is 0 Å². The Morgan fingerprint density at radius 1 is 0.513 bits per heavy atom. The summed E-state index contributed by atoms with van der Waals surface area (Å²) in [7, 11) is 0. The number of unbranched alkanes of at least 4 members (excludes halogenated alkanes) is 23. The number of carbonyl (C=O) groups excluding carboxylic acids is 1. The van der Waals surface area contributed by atoms with Gasteiger partial charge in [-0.15, -0.1) is 0 Å². The zero-order valence-electron chi connectivity index (χ0n) is 26.3. The van der Waals surface area contributed by atoms with Gasteiger partial charge in [-0.05, 0) is 12.8 Å². The Kier molecular flexibility index (Phi) is 29.8. The third-order valence-corrected chi connectivity index (χ3v) is 8.23. The maximum absolute atomic E-state index is 12.4. The van der Waals surface area contributed by atoms with Crippen LogP contribution in [-0.4, -0.2) is 46.1 Å². The van der Waals surface area contributed by atoms with Crippen LogP contribution in [0.2, 0.25) is 0 Å². The normalized spacial score (nSPS) is 13.9. The molecule has 0 saturated carbocycles. The Morgan fingerprint density at radius 3 is 1.15 bits per heavy atom. The van der Waals surface area contributed by atoms with Crippen LogP contribution in [0, 0.1) is 0 Å². The summed E-state index contributed by atoms with van der Waals surface area (Å²) in [6.45, 7) is 4.20. The molecule has 0 aromatic rings. The summed E-state index contributed by atoms with van der Waals surface area (Å²) < 4.78 is 0. The van der Waals surface area contributed by atoms with Gasteiger partial charge >= 0.3 is 0 Å². The number of hydrogen-bond donors (Lipinski definition) is 4. The second-order valence-corrected chi connectivity index (χ2v) is 12.1. The van der Waals surface area contributed by atoms with Crippen molar-refractivity contribution >= 4 is 5.91 Å². The van der Waals surface area contributed by atoms with Crippen molar-refractivity contribution in [2.45, 2.75) is 205 Å². The van der Waals surface area contributed by atoms with Crippen molar-refractivity contribution in [2.24, 2.45) is 0 Å². The molecule has 0 aromatic heterocycles.